The molecule has 2 heterocycles. The van der Waals surface area contributed by atoms with E-state index >= 15 is 0 Å². The van der Waals surface area contributed by atoms with E-state index in [4.69, 9.17) is 9.52 Å². The van der Waals surface area contributed by atoms with E-state index in [-0.39, 0.29) is 16.4 Å². The van der Waals surface area contributed by atoms with Crippen molar-refractivity contribution in [3.63, 3.8) is 0 Å². The van der Waals surface area contributed by atoms with Crippen LogP contribution in [0.2, 0.25) is 0 Å². The van der Waals surface area contributed by atoms with Crippen molar-refractivity contribution in [3.05, 3.63) is 28.7 Å². The molecule has 7 heteroatoms. The lowest BCUT2D eigenvalue weighted by Gasteiger charge is -2.27. The number of rotatable bonds is 4. The van der Waals surface area contributed by atoms with Gasteiger partial charge < -0.3 is 9.52 Å². The van der Waals surface area contributed by atoms with Crippen LogP contribution in [0.3, 0.4) is 0 Å². The lowest BCUT2D eigenvalue weighted by atomic mass is 10.1. The summed E-state index contributed by atoms with van der Waals surface area (Å²) in [6.07, 6.45) is 1.01. The second kappa shape index (κ2) is 5.65. The predicted molar refractivity (Wildman–Crippen MR) is 76.8 cm³/mol. The van der Waals surface area contributed by atoms with Crippen molar-refractivity contribution in [3.8, 4) is 0 Å². The smallest absolute Gasteiger partial charge is 0.371 e. The largest absolute Gasteiger partial charge is 0.475 e. The first-order valence-electron chi connectivity index (χ1n) is 6.78. The summed E-state index contributed by atoms with van der Waals surface area (Å²) >= 11 is 0. The number of aromatic carboxylic acids is 1. The molecule has 116 valence electrons. The van der Waals surface area contributed by atoms with Gasteiger partial charge in [0, 0.05) is 25.6 Å². The molecule has 0 saturated heterocycles. The molecule has 0 amide bonds. The highest BCUT2D eigenvalue weighted by Crippen LogP contribution is 2.28. The molecule has 0 unspecified atom stereocenters. The van der Waals surface area contributed by atoms with Gasteiger partial charge in [-0.25, -0.2) is 13.2 Å². The van der Waals surface area contributed by atoms with E-state index in [9.17, 15) is 13.2 Å². The molecule has 6 nitrogen and oxygen atoms in total. The fourth-order valence-electron chi connectivity index (χ4n) is 2.31. The number of aryl methyl sites for hydroxylation is 1. The lowest BCUT2D eigenvalue weighted by Crippen LogP contribution is -2.36. The third-order valence-electron chi connectivity index (χ3n) is 3.80. The molecule has 0 radical (unpaired) electrons. The fourth-order valence-corrected chi connectivity index (χ4v) is 4.01. The number of nitrogens with zero attached hydrogens (tertiary/aromatic N) is 1. The molecule has 0 fully saturated rings. The zero-order valence-electron chi connectivity index (χ0n) is 12.3. The quantitative estimate of drug-likeness (QED) is 0.862. The molecule has 1 aromatic rings. The first kappa shape index (κ1) is 15.8. The summed E-state index contributed by atoms with van der Waals surface area (Å²) in [5.41, 5.74) is 2.24. The Morgan fingerprint density at radius 3 is 2.57 bits per heavy atom. The molecule has 0 aromatic carbocycles. The van der Waals surface area contributed by atoms with E-state index in [0.717, 1.165) is 11.6 Å². The van der Waals surface area contributed by atoms with Gasteiger partial charge in [-0.3, -0.25) is 0 Å². The molecular formula is C14H19NO5S. The van der Waals surface area contributed by atoms with E-state index in [1.165, 1.54) is 9.88 Å². The van der Waals surface area contributed by atoms with E-state index in [0.29, 0.717) is 25.9 Å². The van der Waals surface area contributed by atoms with Gasteiger partial charge in [-0.15, -0.1) is 0 Å². The number of hydrogen-bond donors (Lipinski definition) is 1. The van der Waals surface area contributed by atoms with Crippen LogP contribution in [0.5, 0.6) is 0 Å². The van der Waals surface area contributed by atoms with Gasteiger partial charge in [0.15, 0.2) is 0 Å². The highest BCUT2D eigenvalue weighted by molar-refractivity contribution is 7.89. The summed E-state index contributed by atoms with van der Waals surface area (Å²) in [4.78, 5) is 10.9. The van der Waals surface area contributed by atoms with E-state index in [2.05, 4.69) is 0 Å². The maximum Gasteiger partial charge on any atom is 0.371 e. The number of furan rings is 1. The maximum absolute atomic E-state index is 12.7. The van der Waals surface area contributed by atoms with Crippen LogP contribution >= 0.6 is 0 Å². The third kappa shape index (κ3) is 2.89. The minimum Gasteiger partial charge on any atom is -0.475 e. The van der Waals surface area contributed by atoms with Crippen molar-refractivity contribution in [1.82, 2.24) is 4.31 Å². The van der Waals surface area contributed by atoms with Crippen molar-refractivity contribution < 1.29 is 22.7 Å². The molecule has 0 saturated carbocycles. The van der Waals surface area contributed by atoms with Gasteiger partial charge in [0.2, 0.25) is 15.8 Å². The van der Waals surface area contributed by atoms with Crippen LogP contribution < -0.4 is 0 Å². The molecule has 0 atom stereocenters. The Kier molecular flexibility index (Phi) is 4.25. The Labute approximate surface area is 124 Å². The van der Waals surface area contributed by atoms with Gasteiger partial charge in [-0.05, 0) is 20.3 Å². The SMILES string of the molecule is CCc1oc(C(=O)O)cc1S(=O)(=O)N1CCC(C)=C(C)C1. The first-order valence-corrected chi connectivity index (χ1v) is 8.22. The summed E-state index contributed by atoms with van der Waals surface area (Å²) in [5.74, 6) is -1.42. The van der Waals surface area contributed by atoms with Crippen molar-refractivity contribution in [2.75, 3.05) is 13.1 Å². The summed E-state index contributed by atoms with van der Waals surface area (Å²) in [6, 6.07) is 1.11. The molecule has 0 bridgehead atoms. The zero-order chi connectivity index (χ0) is 15.8. The third-order valence-corrected chi connectivity index (χ3v) is 5.69. The number of hydrogen-bond acceptors (Lipinski definition) is 4. The summed E-state index contributed by atoms with van der Waals surface area (Å²) in [6.45, 7) is 6.38. The Morgan fingerprint density at radius 2 is 2.05 bits per heavy atom. The monoisotopic (exact) mass is 313 g/mol. The Bertz CT molecular complexity index is 699. The summed E-state index contributed by atoms with van der Waals surface area (Å²) < 4.78 is 31.9. The molecule has 2 rings (SSSR count). The van der Waals surface area contributed by atoms with Gasteiger partial charge >= 0.3 is 5.97 Å². The van der Waals surface area contributed by atoms with Crippen molar-refractivity contribution in [1.29, 1.82) is 0 Å². The molecule has 0 aliphatic carbocycles. The second-order valence-corrected chi connectivity index (χ2v) is 7.11. The maximum atomic E-state index is 12.7. The van der Waals surface area contributed by atoms with Gasteiger partial charge in [0.05, 0.1) is 0 Å². The molecule has 1 aliphatic heterocycles. The zero-order valence-corrected chi connectivity index (χ0v) is 13.2. The molecule has 1 aliphatic rings. The van der Waals surface area contributed by atoms with E-state index < -0.39 is 16.0 Å². The Morgan fingerprint density at radius 1 is 1.38 bits per heavy atom. The molecule has 0 spiro atoms. The van der Waals surface area contributed by atoms with Crippen LogP contribution in [0.1, 0.15) is 43.5 Å². The second-order valence-electron chi connectivity index (χ2n) is 5.21. The van der Waals surface area contributed by atoms with Crippen LogP contribution in [-0.2, 0) is 16.4 Å². The summed E-state index contributed by atoms with van der Waals surface area (Å²) in [5, 5.41) is 8.96. The number of carbonyl (C=O) groups is 1. The van der Waals surface area contributed by atoms with Gasteiger partial charge in [-0.2, -0.15) is 4.31 Å². The van der Waals surface area contributed by atoms with Gasteiger partial charge in [-0.1, -0.05) is 18.1 Å². The van der Waals surface area contributed by atoms with Crippen LogP contribution in [0.25, 0.3) is 0 Å². The first-order chi connectivity index (χ1) is 9.77. The number of carboxylic acids is 1. The van der Waals surface area contributed by atoms with Crippen LogP contribution in [0.15, 0.2) is 26.5 Å². The van der Waals surface area contributed by atoms with E-state index in [1.54, 1.807) is 6.92 Å². The predicted octanol–water partition coefficient (Wildman–Crippen LogP) is 2.27. The highest BCUT2D eigenvalue weighted by atomic mass is 32.2. The molecule has 1 N–H and O–H groups in total. The standard InChI is InChI=1S/C14H19NO5S/c1-4-11-13(7-12(20-11)14(16)17)21(18,19)15-6-5-9(2)10(3)8-15/h7H,4-6,8H2,1-3H3,(H,16,17). The lowest BCUT2D eigenvalue weighted by molar-refractivity contribution is 0.0660. The van der Waals surface area contributed by atoms with Crippen LogP contribution in [-0.4, -0.2) is 36.9 Å². The molecule has 21 heavy (non-hydrogen) atoms. The Hall–Kier alpha value is -1.60. The van der Waals surface area contributed by atoms with Gasteiger partial charge in [0.1, 0.15) is 10.7 Å². The minimum atomic E-state index is -3.73. The average Bonchev–Trinajstić information content (AvgIpc) is 2.86. The van der Waals surface area contributed by atoms with Crippen molar-refractivity contribution in [2.24, 2.45) is 0 Å². The number of sulfonamides is 1. The van der Waals surface area contributed by atoms with E-state index in [1.807, 2.05) is 13.8 Å². The van der Waals surface area contributed by atoms with Crippen LogP contribution in [0, 0.1) is 0 Å². The fraction of sp³-hybridized carbons (Fsp3) is 0.500. The normalized spacial score (nSPS) is 17.3. The topological polar surface area (TPSA) is 87.8 Å². The summed E-state index contributed by atoms with van der Waals surface area (Å²) in [7, 11) is -3.73. The van der Waals surface area contributed by atoms with Crippen molar-refractivity contribution >= 4 is 16.0 Å². The minimum absolute atomic E-state index is 0.0326. The Balaban J connectivity index is 2.43. The molecular weight excluding hydrogens is 294 g/mol. The van der Waals surface area contributed by atoms with Crippen LogP contribution in [0.4, 0.5) is 0 Å². The highest BCUT2D eigenvalue weighted by Gasteiger charge is 2.32. The van der Waals surface area contributed by atoms with Crippen molar-refractivity contribution in [2.45, 2.75) is 38.5 Å². The van der Waals surface area contributed by atoms with Gasteiger partial charge in [0.25, 0.3) is 0 Å². The molecule has 1 aromatic heterocycles. The number of carboxylic acid groups (broad SMARTS) is 1. The average molecular weight is 313 g/mol.